The number of hydrogen-bond acceptors (Lipinski definition) is 3. The molecule has 1 aliphatic heterocycles. The smallest absolute Gasteiger partial charge is 0.268 e. The molecule has 1 amide bonds. The van der Waals surface area contributed by atoms with Crippen LogP contribution in [0.4, 0.5) is 0 Å². The van der Waals surface area contributed by atoms with Gasteiger partial charge < -0.3 is 0 Å². The Kier molecular flexibility index (Phi) is 2.69. The second-order valence-corrected chi connectivity index (χ2v) is 5.36. The van der Waals surface area contributed by atoms with Gasteiger partial charge in [-0.15, -0.1) is 0 Å². The van der Waals surface area contributed by atoms with Gasteiger partial charge in [0.15, 0.2) is 10.0 Å². The number of amides is 1. The van der Waals surface area contributed by atoms with Gasteiger partial charge in [-0.1, -0.05) is 30.3 Å². The number of rotatable bonds is 1. The van der Waals surface area contributed by atoms with E-state index in [1.54, 1.807) is 6.08 Å². The molecule has 72 valence electrons. The number of carbonyl (C=O) groups is 1. The van der Waals surface area contributed by atoms with Crippen molar-refractivity contribution in [2.75, 3.05) is 0 Å². The van der Waals surface area contributed by atoms with E-state index in [9.17, 15) is 9.00 Å². The van der Waals surface area contributed by atoms with Crippen LogP contribution in [0.1, 0.15) is 5.56 Å². The molecule has 0 aromatic heterocycles. The summed E-state index contributed by atoms with van der Waals surface area (Å²) in [5, 5.41) is 0. The highest BCUT2D eigenvalue weighted by Gasteiger charge is 2.23. The van der Waals surface area contributed by atoms with E-state index in [0.717, 1.165) is 16.4 Å². The minimum Gasteiger partial charge on any atom is -0.268 e. The van der Waals surface area contributed by atoms with E-state index in [1.807, 2.05) is 30.3 Å². The summed E-state index contributed by atoms with van der Waals surface area (Å²) in [7, 11) is -0.267. The van der Waals surface area contributed by atoms with Crippen LogP contribution >= 0.6 is 10.8 Å². The topological polar surface area (TPSA) is 46.2 Å². The van der Waals surface area contributed by atoms with Crippen molar-refractivity contribution < 1.29 is 9.00 Å². The predicted octanol–water partition coefficient (Wildman–Crippen LogP) is 1.47. The molecule has 1 saturated heterocycles. The summed E-state index contributed by atoms with van der Waals surface area (Å²) in [6.45, 7) is 0. The molecule has 0 spiro atoms. The number of nitrogens with one attached hydrogen (secondary N) is 1. The molecular weight excluding hydrogens is 218 g/mol. The van der Waals surface area contributed by atoms with Gasteiger partial charge in [-0.3, -0.25) is 9.52 Å². The largest absolute Gasteiger partial charge is 0.271 e. The number of benzene rings is 1. The number of carbonyl (C=O) groups excluding carboxylic acids is 1. The molecular formula is C9H7NO2S2. The van der Waals surface area contributed by atoms with Crippen LogP contribution in [0.15, 0.2) is 35.2 Å². The van der Waals surface area contributed by atoms with Gasteiger partial charge in [0.2, 0.25) is 0 Å². The zero-order chi connectivity index (χ0) is 9.97. The van der Waals surface area contributed by atoms with Gasteiger partial charge >= 0.3 is 0 Å². The van der Waals surface area contributed by atoms with Crippen molar-refractivity contribution in [3.8, 4) is 0 Å². The Labute approximate surface area is 87.6 Å². The number of hydrogen-bond donors (Lipinski definition) is 1. The fourth-order valence-electron chi connectivity index (χ4n) is 1.06. The Balaban J connectivity index is 2.28. The van der Waals surface area contributed by atoms with Gasteiger partial charge in [0.05, 0.1) is 4.91 Å². The molecule has 1 aromatic carbocycles. The van der Waals surface area contributed by atoms with E-state index in [-0.39, 0.29) is 5.91 Å². The lowest BCUT2D eigenvalue weighted by Crippen LogP contribution is -2.14. The zero-order valence-electron chi connectivity index (χ0n) is 7.10. The lowest BCUT2D eigenvalue weighted by molar-refractivity contribution is -0.114. The van der Waals surface area contributed by atoms with Crippen LogP contribution in [0.3, 0.4) is 0 Å². The summed E-state index contributed by atoms with van der Waals surface area (Å²) in [5.74, 6) is -0.266. The first-order valence-electron chi connectivity index (χ1n) is 3.93. The minimum absolute atomic E-state index is 0.266. The quantitative estimate of drug-likeness (QED) is 0.581. The monoisotopic (exact) mass is 225 g/mol. The molecule has 1 N–H and O–H groups in total. The summed E-state index contributed by atoms with van der Waals surface area (Å²) in [6.07, 6.45) is 1.73. The second-order valence-electron chi connectivity index (χ2n) is 2.67. The average molecular weight is 225 g/mol. The first kappa shape index (κ1) is 9.48. The fraction of sp³-hybridized carbons (Fsp3) is 0. The summed E-state index contributed by atoms with van der Waals surface area (Å²) in [5.41, 5.74) is 0.934. The molecule has 0 aliphatic carbocycles. The highest BCUT2D eigenvalue weighted by atomic mass is 33.1. The molecule has 0 saturated carbocycles. The normalized spacial score (nSPS) is 23.9. The van der Waals surface area contributed by atoms with Gasteiger partial charge in [-0.2, -0.15) is 0 Å². The summed E-state index contributed by atoms with van der Waals surface area (Å²) < 4.78 is 13.3. The Bertz CT molecular complexity index is 414. The predicted molar refractivity (Wildman–Crippen MR) is 58.3 cm³/mol. The van der Waals surface area contributed by atoms with Gasteiger partial charge in [0.1, 0.15) is 0 Å². The van der Waals surface area contributed by atoms with E-state index in [4.69, 9.17) is 0 Å². The Morgan fingerprint density at radius 3 is 2.57 bits per heavy atom. The molecule has 2 rings (SSSR count). The molecule has 1 aromatic rings. The molecule has 1 unspecified atom stereocenters. The van der Waals surface area contributed by atoms with Crippen molar-refractivity contribution in [2.24, 2.45) is 0 Å². The summed E-state index contributed by atoms with van der Waals surface area (Å²) in [6, 6.07) is 9.47. The van der Waals surface area contributed by atoms with E-state index < -0.39 is 10.0 Å². The van der Waals surface area contributed by atoms with Crippen LogP contribution in [0.25, 0.3) is 6.08 Å². The summed E-state index contributed by atoms with van der Waals surface area (Å²) in [4.78, 5) is 11.7. The Morgan fingerprint density at radius 2 is 2.00 bits per heavy atom. The SMILES string of the molecule is O=C1NS(=O)SC1=Cc1ccccc1. The zero-order valence-corrected chi connectivity index (χ0v) is 8.73. The van der Waals surface area contributed by atoms with Crippen molar-refractivity contribution in [1.29, 1.82) is 0 Å². The van der Waals surface area contributed by atoms with Crippen molar-refractivity contribution in [1.82, 2.24) is 4.72 Å². The van der Waals surface area contributed by atoms with Gasteiger partial charge in [-0.25, -0.2) is 4.21 Å². The average Bonchev–Trinajstić information content (AvgIpc) is 2.47. The third-order valence-corrected chi connectivity index (χ3v) is 3.89. The molecule has 0 bridgehead atoms. The van der Waals surface area contributed by atoms with E-state index >= 15 is 0 Å². The maximum atomic E-state index is 11.2. The molecule has 0 radical (unpaired) electrons. The van der Waals surface area contributed by atoms with Crippen LogP contribution in [0.2, 0.25) is 0 Å². The molecule has 3 nitrogen and oxygen atoms in total. The second kappa shape index (κ2) is 3.98. The molecule has 1 fully saturated rings. The van der Waals surface area contributed by atoms with Gasteiger partial charge in [0, 0.05) is 10.8 Å². The molecule has 5 heteroatoms. The first-order valence-corrected chi connectivity index (χ1v) is 6.42. The molecule has 1 aliphatic rings. The first-order chi connectivity index (χ1) is 6.75. The highest BCUT2D eigenvalue weighted by molar-refractivity contribution is 8.71. The third kappa shape index (κ3) is 2.05. The van der Waals surface area contributed by atoms with E-state index in [2.05, 4.69) is 4.72 Å². The van der Waals surface area contributed by atoms with Crippen LogP contribution in [-0.2, 0) is 14.8 Å². The lowest BCUT2D eigenvalue weighted by atomic mass is 10.2. The van der Waals surface area contributed by atoms with E-state index in [0.29, 0.717) is 4.91 Å². The Hall–Kier alpha value is -1.07. The van der Waals surface area contributed by atoms with Crippen molar-refractivity contribution in [3.63, 3.8) is 0 Å². The van der Waals surface area contributed by atoms with Crippen LogP contribution in [0, 0.1) is 0 Å². The van der Waals surface area contributed by atoms with Gasteiger partial charge in [-0.05, 0) is 11.6 Å². The standard InChI is InChI=1S/C9H7NO2S2/c11-9-8(13-14(12)10-9)6-7-4-2-1-3-5-7/h1-6H,(H,10,11). The van der Waals surface area contributed by atoms with Crippen LogP contribution < -0.4 is 4.72 Å². The molecule has 1 heterocycles. The highest BCUT2D eigenvalue weighted by Crippen LogP contribution is 2.27. The van der Waals surface area contributed by atoms with Gasteiger partial charge in [0.25, 0.3) is 5.91 Å². The summed E-state index contributed by atoms with van der Waals surface area (Å²) >= 11 is 0. The van der Waals surface area contributed by atoms with Crippen molar-refractivity contribution >= 4 is 32.8 Å². The molecule has 14 heavy (non-hydrogen) atoms. The molecule has 1 atom stereocenters. The van der Waals surface area contributed by atoms with Crippen molar-refractivity contribution in [2.45, 2.75) is 0 Å². The van der Waals surface area contributed by atoms with Crippen LogP contribution in [-0.4, -0.2) is 10.1 Å². The van der Waals surface area contributed by atoms with Crippen LogP contribution in [0.5, 0.6) is 0 Å². The minimum atomic E-state index is -1.31. The third-order valence-electron chi connectivity index (χ3n) is 1.66. The fourth-order valence-corrected chi connectivity index (χ4v) is 3.11. The Morgan fingerprint density at radius 1 is 1.29 bits per heavy atom. The lowest BCUT2D eigenvalue weighted by Gasteiger charge is -1.92. The maximum Gasteiger partial charge on any atom is 0.271 e. The van der Waals surface area contributed by atoms with E-state index in [1.165, 1.54) is 0 Å². The maximum absolute atomic E-state index is 11.2. The van der Waals surface area contributed by atoms with Crippen molar-refractivity contribution in [3.05, 3.63) is 40.8 Å².